The standard InChI is InChI=1S/C7H18N.H2O/c1-5-6-7-8(2,3)4;/h5-7H2,1-4H3;1H2/q+1;. The van der Waals surface area contributed by atoms with Gasteiger partial charge in [-0.25, -0.2) is 0 Å². The van der Waals surface area contributed by atoms with Gasteiger partial charge in [0.15, 0.2) is 0 Å². The van der Waals surface area contributed by atoms with E-state index in [-0.39, 0.29) is 5.48 Å². The van der Waals surface area contributed by atoms with Gasteiger partial charge in [-0.15, -0.1) is 0 Å². The van der Waals surface area contributed by atoms with Gasteiger partial charge < -0.3 is 9.96 Å². The summed E-state index contributed by atoms with van der Waals surface area (Å²) in [6.45, 7) is 3.53. The molecule has 0 fully saturated rings. The van der Waals surface area contributed by atoms with Crippen molar-refractivity contribution in [2.75, 3.05) is 27.7 Å². The fourth-order valence-corrected chi connectivity index (χ4v) is 0.632. The van der Waals surface area contributed by atoms with Crippen LogP contribution in [-0.2, 0) is 0 Å². The van der Waals surface area contributed by atoms with Crippen molar-refractivity contribution in [1.29, 1.82) is 0 Å². The third kappa shape index (κ3) is 11.5. The summed E-state index contributed by atoms with van der Waals surface area (Å²) in [7, 11) is 6.70. The van der Waals surface area contributed by atoms with Gasteiger partial charge in [-0.1, -0.05) is 13.3 Å². The first-order valence-electron chi connectivity index (χ1n) is 3.36. The Labute approximate surface area is 58.4 Å². The lowest BCUT2D eigenvalue weighted by atomic mass is 10.3. The maximum atomic E-state index is 2.23. The van der Waals surface area contributed by atoms with Gasteiger partial charge in [-0.05, 0) is 6.42 Å². The number of hydrogen-bond acceptors (Lipinski definition) is 0. The minimum absolute atomic E-state index is 0. The second-order valence-corrected chi connectivity index (χ2v) is 3.37. The monoisotopic (exact) mass is 134 g/mol. The van der Waals surface area contributed by atoms with Crippen molar-refractivity contribution in [3.8, 4) is 0 Å². The molecule has 0 aliphatic carbocycles. The van der Waals surface area contributed by atoms with Gasteiger partial charge in [0.05, 0.1) is 27.7 Å². The number of quaternary nitrogens is 1. The van der Waals surface area contributed by atoms with Crippen LogP contribution in [0.4, 0.5) is 0 Å². The van der Waals surface area contributed by atoms with Crippen molar-refractivity contribution in [2.45, 2.75) is 19.8 Å². The van der Waals surface area contributed by atoms with Crippen LogP contribution in [0.25, 0.3) is 0 Å². The first kappa shape index (κ1) is 11.7. The van der Waals surface area contributed by atoms with Gasteiger partial charge in [-0.2, -0.15) is 0 Å². The predicted octanol–water partition coefficient (Wildman–Crippen LogP) is 0.668. The van der Waals surface area contributed by atoms with Crippen molar-refractivity contribution in [3.05, 3.63) is 0 Å². The molecule has 58 valence electrons. The molecule has 0 aliphatic heterocycles. The minimum Gasteiger partial charge on any atom is -0.412 e. The molecule has 0 saturated carbocycles. The summed E-state index contributed by atoms with van der Waals surface area (Å²) < 4.78 is 1.10. The van der Waals surface area contributed by atoms with E-state index in [2.05, 4.69) is 28.1 Å². The summed E-state index contributed by atoms with van der Waals surface area (Å²) in [5.74, 6) is 0. The number of hydrogen-bond donors (Lipinski definition) is 0. The number of nitrogens with zero attached hydrogens (tertiary/aromatic N) is 1. The van der Waals surface area contributed by atoms with Gasteiger partial charge >= 0.3 is 0 Å². The summed E-state index contributed by atoms with van der Waals surface area (Å²) >= 11 is 0. The van der Waals surface area contributed by atoms with Gasteiger partial charge in [0.1, 0.15) is 0 Å². The Kier molecular flexibility index (Phi) is 6.19. The summed E-state index contributed by atoms with van der Waals surface area (Å²) in [6, 6.07) is 0. The van der Waals surface area contributed by atoms with Gasteiger partial charge in [0, 0.05) is 0 Å². The molecule has 2 N–H and O–H groups in total. The van der Waals surface area contributed by atoms with E-state index in [0.717, 1.165) is 4.48 Å². The topological polar surface area (TPSA) is 31.5 Å². The summed E-state index contributed by atoms with van der Waals surface area (Å²) in [4.78, 5) is 0. The Bertz CT molecular complexity index is 56.4. The molecule has 0 atom stereocenters. The molecule has 0 saturated heterocycles. The van der Waals surface area contributed by atoms with Crippen LogP contribution in [-0.4, -0.2) is 37.6 Å². The molecule has 0 aromatic heterocycles. The molecule has 0 bridgehead atoms. The Morgan fingerprint density at radius 2 is 1.56 bits per heavy atom. The average molecular weight is 134 g/mol. The molecule has 2 nitrogen and oxygen atoms in total. The van der Waals surface area contributed by atoms with Crippen LogP contribution in [0, 0.1) is 0 Å². The number of unbranched alkanes of at least 4 members (excludes halogenated alkanes) is 1. The van der Waals surface area contributed by atoms with Crippen LogP contribution in [0.3, 0.4) is 0 Å². The van der Waals surface area contributed by atoms with E-state index in [1.54, 1.807) is 0 Å². The Hall–Kier alpha value is -0.0800. The zero-order valence-electron chi connectivity index (χ0n) is 7.07. The van der Waals surface area contributed by atoms with Crippen molar-refractivity contribution < 1.29 is 9.96 Å². The van der Waals surface area contributed by atoms with E-state index in [1.165, 1.54) is 19.4 Å². The van der Waals surface area contributed by atoms with E-state index >= 15 is 0 Å². The SMILES string of the molecule is CCCC[N+](C)(C)C.O. The van der Waals surface area contributed by atoms with Gasteiger partial charge in [0.2, 0.25) is 0 Å². The Morgan fingerprint density at radius 1 is 1.11 bits per heavy atom. The lowest BCUT2D eigenvalue weighted by Gasteiger charge is -2.23. The summed E-state index contributed by atoms with van der Waals surface area (Å²) in [6.07, 6.45) is 2.67. The molecule has 0 amide bonds. The zero-order valence-corrected chi connectivity index (χ0v) is 7.07. The molecule has 0 spiro atoms. The molecule has 0 aliphatic rings. The summed E-state index contributed by atoms with van der Waals surface area (Å²) in [5, 5.41) is 0. The minimum atomic E-state index is 0. The van der Waals surface area contributed by atoms with Crippen molar-refractivity contribution in [3.63, 3.8) is 0 Å². The molecular formula is C7H20NO+. The number of rotatable bonds is 3. The van der Waals surface area contributed by atoms with Crippen LogP contribution in [0.5, 0.6) is 0 Å². The van der Waals surface area contributed by atoms with Crippen LogP contribution >= 0.6 is 0 Å². The molecule has 2 heteroatoms. The highest BCUT2D eigenvalue weighted by molar-refractivity contribution is 4.29. The predicted molar refractivity (Wildman–Crippen MR) is 41.4 cm³/mol. The first-order chi connectivity index (χ1) is 3.56. The Morgan fingerprint density at radius 3 is 1.67 bits per heavy atom. The largest absolute Gasteiger partial charge is 0.412 e. The fourth-order valence-electron chi connectivity index (χ4n) is 0.632. The lowest BCUT2D eigenvalue weighted by Crippen LogP contribution is -2.35. The maximum Gasteiger partial charge on any atom is 0.0780 e. The van der Waals surface area contributed by atoms with Crippen LogP contribution in [0.15, 0.2) is 0 Å². The van der Waals surface area contributed by atoms with Crippen molar-refractivity contribution in [1.82, 2.24) is 0 Å². The second kappa shape index (κ2) is 4.77. The Balaban J connectivity index is 0. The summed E-state index contributed by atoms with van der Waals surface area (Å²) in [5.41, 5.74) is 0. The highest BCUT2D eigenvalue weighted by atomic mass is 16.0. The smallest absolute Gasteiger partial charge is 0.0780 e. The quantitative estimate of drug-likeness (QED) is 0.508. The molecule has 0 aromatic carbocycles. The van der Waals surface area contributed by atoms with Crippen LogP contribution in [0.1, 0.15) is 19.8 Å². The van der Waals surface area contributed by atoms with E-state index in [4.69, 9.17) is 0 Å². The van der Waals surface area contributed by atoms with Gasteiger partial charge in [0.25, 0.3) is 0 Å². The van der Waals surface area contributed by atoms with Crippen LogP contribution in [0.2, 0.25) is 0 Å². The normalized spacial score (nSPS) is 10.7. The molecule has 0 radical (unpaired) electrons. The highest BCUT2D eigenvalue weighted by Crippen LogP contribution is 1.94. The maximum absolute atomic E-state index is 2.23. The van der Waals surface area contributed by atoms with Crippen molar-refractivity contribution >= 4 is 0 Å². The van der Waals surface area contributed by atoms with E-state index in [1.807, 2.05) is 0 Å². The molecule has 0 rings (SSSR count). The van der Waals surface area contributed by atoms with Gasteiger partial charge in [-0.3, -0.25) is 0 Å². The average Bonchev–Trinajstić information content (AvgIpc) is 1.59. The highest BCUT2D eigenvalue weighted by Gasteiger charge is 2.02. The van der Waals surface area contributed by atoms with Crippen LogP contribution < -0.4 is 0 Å². The lowest BCUT2D eigenvalue weighted by molar-refractivity contribution is -0.870. The molecule has 0 heterocycles. The molecular weight excluding hydrogens is 114 g/mol. The molecule has 0 aromatic rings. The van der Waals surface area contributed by atoms with Crippen molar-refractivity contribution in [2.24, 2.45) is 0 Å². The molecule has 0 unspecified atom stereocenters. The molecule has 9 heavy (non-hydrogen) atoms. The van der Waals surface area contributed by atoms with E-state index in [0.29, 0.717) is 0 Å². The third-order valence-corrected chi connectivity index (χ3v) is 1.18. The third-order valence-electron chi connectivity index (χ3n) is 1.18. The second-order valence-electron chi connectivity index (χ2n) is 3.37. The van der Waals surface area contributed by atoms with E-state index in [9.17, 15) is 0 Å². The van der Waals surface area contributed by atoms with E-state index < -0.39 is 0 Å². The zero-order chi connectivity index (χ0) is 6.62. The fraction of sp³-hybridized carbons (Fsp3) is 1.00. The first-order valence-corrected chi connectivity index (χ1v) is 3.36.